The summed E-state index contributed by atoms with van der Waals surface area (Å²) < 4.78 is 0. The van der Waals surface area contributed by atoms with E-state index < -0.39 is 0 Å². The molecule has 0 saturated carbocycles. The quantitative estimate of drug-likeness (QED) is 0.595. The molecule has 0 saturated heterocycles. The number of hydroxylamine groups is 1. The van der Waals surface area contributed by atoms with Crippen LogP contribution in [-0.2, 0) is 4.94 Å². The van der Waals surface area contributed by atoms with Crippen molar-refractivity contribution in [1.29, 1.82) is 0 Å². The molecular formula is C15H18N2O. The SMILES string of the molecule is C=C/C=C(\C=C)c1ccc(C)c(C(=C)NON)c1. The van der Waals surface area contributed by atoms with Crippen LogP contribution < -0.4 is 11.4 Å². The molecule has 0 aliphatic heterocycles. The van der Waals surface area contributed by atoms with Crippen molar-refractivity contribution in [3.63, 3.8) is 0 Å². The van der Waals surface area contributed by atoms with Gasteiger partial charge < -0.3 is 0 Å². The van der Waals surface area contributed by atoms with E-state index in [4.69, 9.17) is 5.90 Å². The van der Waals surface area contributed by atoms with Crippen molar-refractivity contribution in [1.82, 2.24) is 5.48 Å². The molecule has 0 atom stereocenters. The number of nitrogens with one attached hydrogen (secondary N) is 1. The van der Waals surface area contributed by atoms with Crippen LogP contribution in [0.5, 0.6) is 0 Å². The summed E-state index contributed by atoms with van der Waals surface area (Å²) in [5.41, 5.74) is 7.19. The van der Waals surface area contributed by atoms with Crippen LogP contribution >= 0.6 is 0 Å². The van der Waals surface area contributed by atoms with Gasteiger partial charge in [0, 0.05) is 5.56 Å². The summed E-state index contributed by atoms with van der Waals surface area (Å²) in [5.74, 6) is 4.98. The number of hydrogen-bond donors (Lipinski definition) is 2. The largest absolute Gasteiger partial charge is 0.248 e. The van der Waals surface area contributed by atoms with Gasteiger partial charge in [0.25, 0.3) is 0 Å². The summed E-state index contributed by atoms with van der Waals surface area (Å²) >= 11 is 0. The Kier molecular flexibility index (Phi) is 5.11. The van der Waals surface area contributed by atoms with E-state index in [1.165, 1.54) is 0 Å². The first-order valence-corrected chi connectivity index (χ1v) is 5.51. The van der Waals surface area contributed by atoms with Gasteiger partial charge in [0.15, 0.2) is 0 Å². The fourth-order valence-corrected chi connectivity index (χ4v) is 1.66. The standard InChI is InChI=1S/C15H18N2O/c1-5-7-13(6-2)14-9-8-11(3)15(10-14)12(4)17-18-16/h5-10,17H,1-2,4,16H2,3H3/b13-7+. The van der Waals surface area contributed by atoms with E-state index in [2.05, 4.69) is 30.2 Å². The fraction of sp³-hybridized carbons (Fsp3) is 0.0667. The predicted molar refractivity (Wildman–Crippen MR) is 77.0 cm³/mol. The molecule has 0 aromatic heterocycles. The van der Waals surface area contributed by atoms with Crippen LogP contribution in [0.25, 0.3) is 11.3 Å². The molecule has 1 rings (SSSR count). The molecule has 0 fully saturated rings. The average molecular weight is 242 g/mol. The van der Waals surface area contributed by atoms with Crippen molar-refractivity contribution in [2.75, 3.05) is 0 Å². The predicted octanol–water partition coefficient (Wildman–Crippen LogP) is 3.12. The van der Waals surface area contributed by atoms with Crippen LogP contribution in [0.4, 0.5) is 0 Å². The van der Waals surface area contributed by atoms with Gasteiger partial charge in [-0.3, -0.25) is 0 Å². The Morgan fingerprint density at radius 3 is 2.67 bits per heavy atom. The zero-order chi connectivity index (χ0) is 13.5. The molecule has 0 spiro atoms. The maximum absolute atomic E-state index is 4.98. The van der Waals surface area contributed by atoms with Gasteiger partial charge in [-0.1, -0.05) is 50.1 Å². The third-order valence-electron chi connectivity index (χ3n) is 2.60. The van der Waals surface area contributed by atoms with E-state index in [0.29, 0.717) is 5.70 Å². The van der Waals surface area contributed by atoms with Gasteiger partial charge in [-0.2, -0.15) is 10.8 Å². The summed E-state index contributed by atoms with van der Waals surface area (Å²) in [7, 11) is 0. The summed E-state index contributed by atoms with van der Waals surface area (Å²) in [6, 6.07) is 6.03. The van der Waals surface area contributed by atoms with Crippen molar-refractivity contribution >= 4 is 11.3 Å². The molecular weight excluding hydrogens is 224 g/mol. The molecule has 0 aliphatic carbocycles. The Morgan fingerprint density at radius 1 is 1.39 bits per heavy atom. The number of allylic oxidation sites excluding steroid dienone is 4. The first-order valence-electron chi connectivity index (χ1n) is 5.51. The molecule has 0 radical (unpaired) electrons. The number of hydrogen-bond acceptors (Lipinski definition) is 3. The molecule has 1 aromatic carbocycles. The summed E-state index contributed by atoms with van der Waals surface area (Å²) in [6.07, 6.45) is 5.41. The normalized spacial score (nSPS) is 10.9. The minimum absolute atomic E-state index is 0.610. The molecule has 1 aromatic rings. The third kappa shape index (κ3) is 3.20. The molecule has 3 nitrogen and oxygen atoms in total. The average Bonchev–Trinajstić information content (AvgIpc) is 2.37. The van der Waals surface area contributed by atoms with E-state index >= 15 is 0 Å². The fourth-order valence-electron chi connectivity index (χ4n) is 1.66. The van der Waals surface area contributed by atoms with Crippen molar-refractivity contribution < 1.29 is 4.94 Å². The van der Waals surface area contributed by atoms with Crippen molar-refractivity contribution in [2.24, 2.45) is 5.90 Å². The highest BCUT2D eigenvalue weighted by atomic mass is 16.8. The minimum atomic E-state index is 0.610. The highest BCUT2D eigenvalue weighted by Crippen LogP contribution is 2.22. The van der Waals surface area contributed by atoms with Gasteiger partial charge in [-0.25, -0.2) is 5.48 Å². The molecule has 0 unspecified atom stereocenters. The van der Waals surface area contributed by atoms with Crippen LogP contribution in [0.1, 0.15) is 16.7 Å². The monoisotopic (exact) mass is 242 g/mol. The van der Waals surface area contributed by atoms with Crippen LogP contribution in [-0.4, -0.2) is 0 Å². The topological polar surface area (TPSA) is 47.3 Å². The highest BCUT2D eigenvalue weighted by Gasteiger charge is 2.05. The van der Waals surface area contributed by atoms with E-state index in [9.17, 15) is 0 Å². The lowest BCUT2D eigenvalue weighted by Gasteiger charge is -2.12. The van der Waals surface area contributed by atoms with Gasteiger partial charge in [0.05, 0.1) is 5.70 Å². The van der Waals surface area contributed by atoms with Crippen LogP contribution in [0.3, 0.4) is 0 Å². The van der Waals surface area contributed by atoms with Crippen molar-refractivity contribution in [2.45, 2.75) is 6.92 Å². The van der Waals surface area contributed by atoms with Crippen LogP contribution in [0, 0.1) is 6.92 Å². The first-order chi connectivity index (χ1) is 8.63. The minimum Gasteiger partial charge on any atom is -0.248 e. The number of nitrogens with two attached hydrogens (primary N) is 1. The first kappa shape index (κ1) is 14.0. The van der Waals surface area contributed by atoms with Crippen molar-refractivity contribution in [3.05, 3.63) is 72.9 Å². The van der Waals surface area contributed by atoms with E-state index in [1.54, 1.807) is 12.2 Å². The van der Waals surface area contributed by atoms with E-state index in [-0.39, 0.29) is 0 Å². The molecule has 18 heavy (non-hydrogen) atoms. The Labute approximate surface area is 108 Å². The molecule has 94 valence electrons. The smallest absolute Gasteiger partial charge is 0.0627 e. The second-order valence-corrected chi connectivity index (χ2v) is 3.79. The second kappa shape index (κ2) is 6.59. The van der Waals surface area contributed by atoms with E-state index in [1.807, 2.05) is 31.2 Å². The maximum atomic E-state index is 4.98. The summed E-state index contributed by atoms with van der Waals surface area (Å²) in [6.45, 7) is 13.3. The lowest BCUT2D eigenvalue weighted by atomic mass is 9.98. The zero-order valence-electron chi connectivity index (χ0n) is 10.6. The van der Waals surface area contributed by atoms with Gasteiger partial charge in [0.2, 0.25) is 0 Å². The molecule has 3 N–H and O–H groups in total. The molecule has 0 heterocycles. The Morgan fingerprint density at radius 2 is 2.11 bits per heavy atom. The number of benzene rings is 1. The number of aryl methyl sites for hydroxylation is 1. The van der Waals surface area contributed by atoms with Gasteiger partial charge in [-0.05, 0) is 29.7 Å². The Balaban J connectivity index is 3.22. The lowest BCUT2D eigenvalue weighted by Crippen LogP contribution is -2.17. The Bertz CT molecular complexity index is 501. The lowest BCUT2D eigenvalue weighted by molar-refractivity contribution is 0.0798. The number of rotatable bonds is 6. The van der Waals surface area contributed by atoms with Gasteiger partial charge >= 0.3 is 0 Å². The maximum Gasteiger partial charge on any atom is 0.0627 e. The van der Waals surface area contributed by atoms with Gasteiger partial charge in [-0.15, -0.1) is 0 Å². The summed E-state index contributed by atoms with van der Waals surface area (Å²) in [5, 5.41) is 0. The highest BCUT2D eigenvalue weighted by molar-refractivity contribution is 5.77. The molecule has 0 aliphatic rings. The van der Waals surface area contributed by atoms with Crippen LogP contribution in [0.2, 0.25) is 0 Å². The molecule has 0 bridgehead atoms. The van der Waals surface area contributed by atoms with Crippen molar-refractivity contribution in [3.8, 4) is 0 Å². The summed E-state index contributed by atoms with van der Waals surface area (Å²) in [4.78, 5) is 4.39. The van der Waals surface area contributed by atoms with Gasteiger partial charge in [0.1, 0.15) is 0 Å². The van der Waals surface area contributed by atoms with Crippen LogP contribution in [0.15, 0.2) is 56.2 Å². The molecule has 0 amide bonds. The molecule has 3 heteroatoms. The Hall–Kier alpha value is -2.10. The zero-order valence-corrected chi connectivity index (χ0v) is 10.6. The third-order valence-corrected chi connectivity index (χ3v) is 2.60. The van der Waals surface area contributed by atoms with E-state index in [0.717, 1.165) is 22.3 Å². The second-order valence-electron chi connectivity index (χ2n) is 3.79.